The molecule has 1 aliphatic rings. The largest absolute Gasteiger partial charge is 0.349 e. The molecule has 1 N–H and O–H groups in total. The Labute approximate surface area is 54.9 Å². The van der Waals surface area contributed by atoms with Gasteiger partial charge in [0, 0.05) is 0 Å². The highest BCUT2D eigenvalue weighted by Crippen LogP contribution is 2.04. The smallest absolute Gasteiger partial charge is 0.222 e. The number of carbonyl (C=O) groups excluding carboxylic acids is 1. The highest BCUT2D eigenvalue weighted by molar-refractivity contribution is 5.83. The maximum Gasteiger partial charge on any atom is 0.222 e. The molecule has 9 heavy (non-hydrogen) atoms. The number of carbonyl (C=O) groups is 1. The van der Waals surface area contributed by atoms with E-state index in [4.69, 9.17) is 0 Å². The van der Waals surface area contributed by atoms with Gasteiger partial charge in [-0.05, 0) is 6.42 Å². The van der Waals surface area contributed by atoms with Crippen LogP contribution >= 0.6 is 0 Å². The molecule has 0 aromatic carbocycles. The monoisotopic (exact) mass is 125 g/mol. The standard InChI is InChI=1S/C7H11NO/c1-2-3-4-6-5-7(9)8-6/h3-4,6H,2,5H2,1H3,(H,8,9). The van der Waals surface area contributed by atoms with Crippen LogP contribution in [0.5, 0.6) is 0 Å². The van der Waals surface area contributed by atoms with Crippen molar-refractivity contribution in [2.75, 3.05) is 0 Å². The van der Waals surface area contributed by atoms with E-state index < -0.39 is 0 Å². The van der Waals surface area contributed by atoms with Gasteiger partial charge in [0.15, 0.2) is 0 Å². The zero-order valence-electron chi connectivity index (χ0n) is 5.55. The second-order valence-corrected chi connectivity index (χ2v) is 2.21. The quantitative estimate of drug-likeness (QED) is 0.430. The summed E-state index contributed by atoms with van der Waals surface area (Å²) in [6.07, 6.45) is 5.84. The number of amides is 1. The summed E-state index contributed by atoms with van der Waals surface area (Å²) >= 11 is 0. The number of rotatable bonds is 2. The second kappa shape index (κ2) is 2.67. The van der Waals surface area contributed by atoms with Gasteiger partial charge in [-0.2, -0.15) is 0 Å². The Kier molecular flexibility index (Phi) is 1.88. The van der Waals surface area contributed by atoms with Gasteiger partial charge in [-0.3, -0.25) is 4.79 Å². The van der Waals surface area contributed by atoms with E-state index in [9.17, 15) is 4.79 Å². The molecule has 50 valence electrons. The molecule has 1 heterocycles. The summed E-state index contributed by atoms with van der Waals surface area (Å²) in [5.41, 5.74) is 0. The first kappa shape index (κ1) is 6.33. The summed E-state index contributed by atoms with van der Waals surface area (Å²) in [4.78, 5) is 10.3. The molecular weight excluding hydrogens is 114 g/mol. The Bertz CT molecular complexity index is 132. The molecule has 0 saturated carbocycles. The molecule has 1 aliphatic heterocycles. The molecule has 0 spiro atoms. The lowest BCUT2D eigenvalue weighted by Gasteiger charge is -2.23. The van der Waals surface area contributed by atoms with E-state index >= 15 is 0 Å². The molecule has 0 aliphatic carbocycles. The van der Waals surface area contributed by atoms with E-state index in [-0.39, 0.29) is 5.91 Å². The zero-order chi connectivity index (χ0) is 6.69. The fourth-order valence-electron chi connectivity index (χ4n) is 0.802. The van der Waals surface area contributed by atoms with Crippen LogP contribution in [0.4, 0.5) is 0 Å². The van der Waals surface area contributed by atoms with Crippen LogP contribution in [0, 0.1) is 0 Å². The van der Waals surface area contributed by atoms with Gasteiger partial charge in [0.1, 0.15) is 0 Å². The van der Waals surface area contributed by atoms with Crippen LogP contribution in [0.25, 0.3) is 0 Å². The summed E-state index contributed by atoms with van der Waals surface area (Å²) in [5.74, 6) is 0.167. The van der Waals surface area contributed by atoms with Crippen molar-refractivity contribution in [3.05, 3.63) is 12.2 Å². The third-order valence-corrected chi connectivity index (χ3v) is 1.36. The van der Waals surface area contributed by atoms with E-state index in [2.05, 4.69) is 18.3 Å². The van der Waals surface area contributed by atoms with Gasteiger partial charge in [-0.1, -0.05) is 19.1 Å². The predicted octanol–water partition coefficient (Wildman–Crippen LogP) is 0.841. The van der Waals surface area contributed by atoms with Crippen LogP contribution in [-0.2, 0) is 4.79 Å². The summed E-state index contributed by atoms with van der Waals surface area (Å²) in [6, 6.07) is 0.331. The van der Waals surface area contributed by atoms with Crippen molar-refractivity contribution >= 4 is 5.91 Å². The van der Waals surface area contributed by atoms with Gasteiger partial charge in [0.05, 0.1) is 12.5 Å². The second-order valence-electron chi connectivity index (χ2n) is 2.21. The average Bonchev–Trinajstić information content (AvgIpc) is 1.78. The van der Waals surface area contributed by atoms with E-state index in [0.717, 1.165) is 6.42 Å². The lowest BCUT2D eigenvalue weighted by Crippen LogP contribution is -2.46. The minimum absolute atomic E-state index is 0.167. The van der Waals surface area contributed by atoms with Gasteiger partial charge in [-0.15, -0.1) is 0 Å². The molecule has 2 heteroatoms. The maximum absolute atomic E-state index is 10.3. The molecule has 0 aromatic heterocycles. The minimum atomic E-state index is 0.167. The van der Waals surface area contributed by atoms with E-state index in [1.54, 1.807) is 0 Å². The highest BCUT2D eigenvalue weighted by Gasteiger charge is 2.21. The van der Waals surface area contributed by atoms with E-state index in [1.807, 2.05) is 6.08 Å². The first-order valence-electron chi connectivity index (χ1n) is 3.29. The van der Waals surface area contributed by atoms with Crippen molar-refractivity contribution < 1.29 is 4.79 Å². The maximum atomic E-state index is 10.3. The SMILES string of the molecule is CCC=CC1CC(=O)N1. The summed E-state index contributed by atoms with van der Waals surface area (Å²) in [7, 11) is 0. The van der Waals surface area contributed by atoms with Gasteiger partial charge in [0.2, 0.25) is 5.91 Å². The van der Waals surface area contributed by atoms with Crippen LogP contribution in [0.15, 0.2) is 12.2 Å². The number of β-lactam (4-membered cyclic amide) rings is 1. The topological polar surface area (TPSA) is 29.1 Å². The third-order valence-electron chi connectivity index (χ3n) is 1.36. The van der Waals surface area contributed by atoms with Crippen molar-refractivity contribution in [1.29, 1.82) is 0 Å². The molecule has 2 nitrogen and oxygen atoms in total. The Hall–Kier alpha value is -0.790. The van der Waals surface area contributed by atoms with Crippen molar-refractivity contribution in [2.45, 2.75) is 25.8 Å². The van der Waals surface area contributed by atoms with Gasteiger partial charge >= 0.3 is 0 Å². The number of hydrogen-bond acceptors (Lipinski definition) is 1. The molecular formula is C7H11NO. The molecule has 0 aromatic rings. The van der Waals surface area contributed by atoms with Crippen molar-refractivity contribution in [3.63, 3.8) is 0 Å². The molecule has 1 unspecified atom stereocenters. The average molecular weight is 125 g/mol. The van der Waals surface area contributed by atoms with Crippen molar-refractivity contribution in [3.8, 4) is 0 Å². The number of allylic oxidation sites excluding steroid dienone is 1. The summed E-state index contributed by atoms with van der Waals surface area (Å²) < 4.78 is 0. The lowest BCUT2D eigenvalue weighted by atomic mass is 10.1. The zero-order valence-corrected chi connectivity index (χ0v) is 5.55. The molecule has 0 bridgehead atoms. The molecule has 1 saturated heterocycles. The van der Waals surface area contributed by atoms with Gasteiger partial charge in [0.25, 0.3) is 0 Å². The third kappa shape index (κ3) is 1.56. The Morgan fingerprint density at radius 2 is 2.56 bits per heavy atom. The predicted molar refractivity (Wildman–Crippen MR) is 36.0 cm³/mol. The molecule has 0 radical (unpaired) electrons. The fraction of sp³-hybridized carbons (Fsp3) is 0.571. The molecule has 1 rings (SSSR count). The fourth-order valence-corrected chi connectivity index (χ4v) is 0.802. The van der Waals surface area contributed by atoms with Crippen molar-refractivity contribution in [1.82, 2.24) is 5.32 Å². The van der Waals surface area contributed by atoms with Gasteiger partial charge in [-0.25, -0.2) is 0 Å². The number of nitrogens with one attached hydrogen (secondary N) is 1. The lowest BCUT2D eigenvalue weighted by molar-refractivity contribution is -0.127. The number of hydrogen-bond donors (Lipinski definition) is 1. The summed E-state index contributed by atoms with van der Waals surface area (Å²) in [6.45, 7) is 2.08. The first-order valence-corrected chi connectivity index (χ1v) is 3.29. The molecule has 1 fully saturated rings. The van der Waals surface area contributed by atoms with E-state index in [0.29, 0.717) is 12.5 Å². The minimum Gasteiger partial charge on any atom is -0.349 e. The van der Waals surface area contributed by atoms with Crippen LogP contribution in [0.3, 0.4) is 0 Å². The Balaban J connectivity index is 2.17. The van der Waals surface area contributed by atoms with Crippen LogP contribution in [-0.4, -0.2) is 11.9 Å². The van der Waals surface area contributed by atoms with Crippen molar-refractivity contribution in [2.24, 2.45) is 0 Å². The molecule has 1 amide bonds. The summed E-state index contributed by atoms with van der Waals surface area (Å²) in [5, 5.41) is 2.75. The Morgan fingerprint density at radius 3 is 3.00 bits per heavy atom. The van der Waals surface area contributed by atoms with Crippen LogP contribution in [0.2, 0.25) is 0 Å². The van der Waals surface area contributed by atoms with Crippen LogP contribution < -0.4 is 5.32 Å². The van der Waals surface area contributed by atoms with Gasteiger partial charge < -0.3 is 5.32 Å². The highest BCUT2D eigenvalue weighted by atomic mass is 16.2. The first-order chi connectivity index (χ1) is 4.33. The van der Waals surface area contributed by atoms with E-state index in [1.165, 1.54) is 0 Å². The Morgan fingerprint density at radius 1 is 1.89 bits per heavy atom. The normalized spacial score (nSPS) is 25.9. The van der Waals surface area contributed by atoms with Crippen LogP contribution in [0.1, 0.15) is 19.8 Å². The molecule has 1 atom stereocenters.